The van der Waals surface area contributed by atoms with Crippen LogP contribution in [0.5, 0.6) is 23.0 Å². The Morgan fingerprint density at radius 1 is 0.684 bits per heavy atom. The number of hydrogen-bond donors (Lipinski definition) is 1. The predicted octanol–water partition coefficient (Wildman–Crippen LogP) is 9.43. The van der Waals surface area contributed by atoms with Gasteiger partial charge in [0.05, 0.1) is 46.0 Å². The molecule has 0 amide bonds. The van der Waals surface area contributed by atoms with E-state index < -0.39 is 47.0 Å². The summed E-state index contributed by atoms with van der Waals surface area (Å²) in [7, 11) is -12.6. The smallest absolute Gasteiger partial charge is 1.00 e. The molecule has 1 heterocycles. The van der Waals surface area contributed by atoms with Gasteiger partial charge in [-0.2, -0.15) is 18.2 Å². The minimum absolute atomic E-state index is 0. The van der Waals surface area contributed by atoms with E-state index in [0.717, 1.165) is 21.0 Å². The molecule has 8 aromatic carbocycles. The number of nitrogens with zero attached hydrogens (tertiary/aromatic N) is 1. The quantitative estimate of drug-likeness (QED) is 0.0671. The molecule has 0 unspecified atom stereocenters. The summed E-state index contributed by atoms with van der Waals surface area (Å²) in [6, 6.07) is 55.9. The molecule has 0 bridgehead atoms. The van der Waals surface area contributed by atoms with E-state index in [-0.39, 0.29) is 55.6 Å². The Morgan fingerprint density at radius 3 is 1.82 bits per heavy atom. The van der Waals surface area contributed by atoms with Gasteiger partial charge in [0.2, 0.25) is 10.0 Å². The van der Waals surface area contributed by atoms with Crippen molar-refractivity contribution in [2.24, 2.45) is 0 Å². The Hall–Kier alpha value is -4.93. The number of fused-ring (bicyclic) bond motifs is 1. The van der Waals surface area contributed by atoms with Crippen molar-refractivity contribution in [3.63, 3.8) is 0 Å². The summed E-state index contributed by atoms with van der Waals surface area (Å²) in [6.07, 6.45) is 0. The van der Waals surface area contributed by atoms with Gasteiger partial charge in [-0.15, -0.1) is 16.2 Å². The molecule has 0 saturated carbocycles. The molecule has 0 saturated heterocycles. The van der Waals surface area contributed by atoms with Crippen molar-refractivity contribution in [3.05, 3.63) is 232 Å². The number of ether oxygens (including phenoxy) is 2. The first-order valence-electron chi connectivity index (χ1n) is 22.9. The summed E-state index contributed by atoms with van der Waals surface area (Å²) in [6.45, 7) is 7.13. The third-order valence-electron chi connectivity index (χ3n) is 11.6. The Balaban J connectivity index is 0.000000243. The first kappa shape index (κ1) is 61.9. The number of benzene rings is 8. The Morgan fingerprint density at radius 2 is 1.24 bits per heavy atom. The van der Waals surface area contributed by atoms with Crippen molar-refractivity contribution in [1.29, 1.82) is 0 Å². The fourth-order valence-corrected chi connectivity index (χ4v) is 16.6. The maximum Gasteiger partial charge on any atom is 2.00 e. The minimum atomic E-state index is -4.14. The molecule has 8 aromatic rings. The molecule has 392 valence electrons. The van der Waals surface area contributed by atoms with Gasteiger partial charge in [-0.3, -0.25) is 9.13 Å². The van der Waals surface area contributed by atoms with Crippen molar-refractivity contribution in [2.45, 2.75) is 49.6 Å². The van der Waals surface area contributed by atoms with Gasteiger partial charge in [-0.05, 0) is 125 Å². The number of sulfonamides is 2. The molecule has 1 N–H and O–H groups in total. The van der Waals surface area contributed by atoms with Gasteiger partial charge < -0.3 is 35.5 Å². The number of methoxy groups -OCH3 is 2. The van der Waals surface area contributed by atoms with Gasteiger partial charge in [-0.25, -0.2) is 21.6 Å². The first-order valence-corrected chi connectivity index (χ1v) is 29.8. The van der Waals surface area contributed by atoms with E-state index in [9.17, 15) is 26.0 Å². The average Bonchev–Trinajstić information content (AvgIpc) is 3.40. The molecular formula is C56H53BrCl2MgN2O10P2S2. The van der Waals surface area contributed by atoms with E-state index >= 15 is 0 Å². The summed E-state index contributed by atoms with van der Waals surface area (Å²) in [4.78, 5) is 0.193. The molecule has 4 atom stereocenters. The van der Waals surface area contributed by atoms with E-state index in [1.807, 2.05) is 44.2 Å². The zero-order chi connectivity index (χ0) is 53.3. The molecule has 20 heteroatoms. The van der Waals surface area contributed by atoms with Gasteiger partial charge in [-0.1, -0.05) is 107 Å². The van der Waals surface area contributed by atoms with Crippen molar-refractivity contribution in [2.75, 3.05) is 14.2 Å². The molecule has 9 rings (SSSR count). The van der Waals surface area contributed by atoms with E-state index in [4.69, 9.17) is 41.7 Å². The maximum absolute atomic E-state index is 14.7. The van der Waals surface area contributed by atoms with Crippen molar-refractivity contribution < 1.29 is 61.5 Å². The number of rotatable bonds is 13. The second kappa shape index (κ2) is 27.1. The van der Waals surface area contributed by atoms with E-state index in [0.29, 0.717) is 48.6 Å². The fraction of sp³-hybridized carbons (Fsp3) is 0.143. The summed E-state index contributed by atoms with van der Waals surface area (Å²) in [5.74, 6) is 1.80. The van der Waals surface area contributed by atoms with Gasteiger partial charge in [0, 0.05) is 33.0 Å². The molecule has 1 aliphatic heterocycles. The largest absolute Gasteiger partial charge is 2.00 e. The second-order valence-electron chi connectivity index (χ2n) is 16.8. The zero-order valence-electron chi connectivity index (χ0n) is 42.2. The molecule has 76 heavy (non-hydrogen) atoms. The summed E-state index contributed by atoms with van der Waals surface area (Å²) >= 11 is 12.4. The number of hydrogen-bond acceptors (Lipinski definition) is 10. The summed E-state index contributed by atoms with van der Waals surface area (Å²) < 4.78 is 109. The third-order valence-corrected chi connectivity index (χ3v) is 21.3. The number of para-hydroxylation sites is 2. The monoisotopic (exact) mass is 1210 g/mol. The Labute approximate surface area is 482 Å². The summed E-state index contributed by atoms with van der Waals surface area (Å²) in [5, 5.41) is 1.99. The fourth-order valence-electron chi connectivity index (χ4n) is 7.80. The second-order valence-corrected chi connectivity index (χ2v) is 25.9. The van der Waals surface area contributed by atoms with Crippen LogP contribution >= 0.6 is 38.1 Å². The van der Waals surface area contributed by atoms with E-state index in [2.05, 4.69) is 10.8 Å². The maximum atomic E-state index is 14.7. The Bertz CT molecular complexity index is 3540. The third kappa shape index (κ3) is 14.4. The normalized spacial score (nSPS) is 16.1. The molecule has 0 fully saturated rings. The molecule has 0 aliphatic carbocycles. The van der Waals surface area contributed by atoms with Crippen LogP contribution in [0.1, 0.15) is 48.2 Å². The van der Waals surface area contributed by atoms with Crippen LogP contribution < -0.4 is 56.1 Å². The van der Waals surface area contributed by atoms with Gasteiger partial charge >= 0.3 is 37.9 Å². The van der Waals surface area contributed by atoms with Crippen LogP contribution in [-0.4, -0.2) is 58.2 Å². The van der Waals surface area contributed by atoms with E-state index in [1.165, 1.54) is 19.2 Å². The topological polar surface area (TPSA) is 155 Å². The van der Waals surface area contributed by atoms with Crippen LogP contribution in [-0.2, 0) is 29.2 Å². The molecule has 0 aromatic heterocycles. The first-order chi connectivity index (χ1) is 35.3. The van der Waals surface area contributed by atoms with Crippen molar-refractivity contribution in [3.8, 4) is 23.0 Å². The van der Waals surface area contributed by atoms with Crippen LogP contribution in [0, 0.1) is 19.9 Å². The van der Waals surface area contributed by atoms with Crippen molar-refractivity contribution >= 4 is 97.1 Å². The number of halogens is 3. The predicted molar refractivity (Wildman–Crippen MR) is 300 cm³/mol. The minimum Gasteiger partial charge on any atom is -1.00 e. The van der Waals surface area contributed by atoms with Gasteiger partial charge in [0.15, 0.2) is 0 Å². The van der Waals surface area contributed by atoms with Crippen molar-refractivity contribution in [1.82, 2.24) is 8.80 Å². The van der Waals surface area contributed by atoms with Gasteiger partial charge in [0.25, 0.3) is 10.0 Å². The standard InChI is InChI=1S/C28H27ClNO5PS.C21H19ClNO4PS.C7H7O.BrH.Mg/c1-20-13-16-24(17-14-20)37(32,33)30-21(2)25-19-22(29)15-18-26(25)35-36(31,23-9-5-4-6-10-23)28-12-8-7-11-27(28)34-3;1-15-8-11-19(12-9-15)29(25,26)23-16(2)20-14-17(22)10-13-21(20)27-28(23,24)18-6-4-3-5-7-18;1-8-7-5-3-2-4-6-7;;/h4-19,21,30H,1-3H3;3-14,16H,1-2H3;2-5H,1H3;1H;/q;;-1;;+2/p-1/t21-,36+;16-,28-;;;/m11.../s1. The molecule has 12 nitrogen and oxygen atoms in total. The van der Waals surface area contributed by atoms with Crippen LogP contribution in [0.3, 0.4) is 0 Å². The molecular weight excluding hydrogens is 1160 g/mol. The van der Waals surface area contributed by atoms with Gasteiger partial charge in [0.1, 0.15) is 17.2 Å². The molecule has 0 spiro atoms. The van der Waals surface area contributed by atoms with Crippen LogP contribution in [0.2, 0.25) is 10.0 Å². The summed E-state index contributed by atoms with van der Waals surface area (Å²) in [5.41, 5.74) is 2.88. The molecule has 1 aliphatic rings. The number of nitrogens with one attached hydrogen (secondary N) is 1. The zero-order valence-corrected chi connectivity index (χ0v) is 50.1. The number of aryl methyl sites for hydroxylation is 2. The van der Waals surface area contributed by atoms with Crippen LogP contribution in [0.4, 0.5) is 0 Å². The molecule has 0 radical (unpaired) electrons. The van der Waals surface area contributed by atoms with E-state index in [1.54, 1.807) is 173 Å². The van der Waals surface area contributed by atoms with Crippen LogP contribution in [0.25, 0.3) is 0 Å². The van der Waals surface area contributed by atoms with Crippen LogP contribution in [0.15, 0.2) is 204 Å². The Kier molecular flexibility index (Phi) is 22.1. The SMILES string of the molecule is COc1[c-]cccc1.COc1ccccc1[P@@](=O)(Oc1ccc(Cl)cc1[C@@H](C)NS(=O)(=O)c1ccc(C)cc1)c1ccccc1.Cc1ccc(S(=O)(=O)N2[C@H](C)c3cc(Cl)ccc3O[P@]2(=O)c2ccccc2)cc1.[Br-].[Mg+2]. The average molecular weight is 1220 g/mol.